The molecule has 1 rings (SSSR count). The van der Waals surface area contributed by atoms with E-state index in [1.807, 2.05) is 13.8 Å². The Morgan fingerprint density at radius 1 is 1.36 bits per heavy atom. The standard InChI is InChI=1S/C15H21N3O3S/c1-8(2)15(6,7-16)18-13(19)10(4)21-14(20)12-9(3)17-11(5)22-12/h8,10H,1-6H3,(H,18,19). The van der Waals surface area contributed by atoms with Crippen LogP contribution in [0.4, 0.5) is 0 Å². The van der Waals surface area contributed by atoms with Gasteiger partial charge in [0, 0.05) is 0 Å². The fourth-order valence-corrected chi connectivity index (χ4v) is 2.45. The third-order valence-electron chi connectivity index (χ3n) is 3.51. The Bertz CT molecular complexity index is 618. The molecule has 0 aromatic carbocycles. The summed E-state index contributed by atoms with van der Waals surface area (Å²) in [6.45, 7) is 10.3. The van der Waals surface area contributed by atoms with Gasteiger partial charge in [0.1, 0.15) is 10.4 Å². The summed E-state index contributed by atoms with van der Waals surface area (Å²) < 4.78 is 5.17. The van der Waals surface area contributed by atoms with Gasteiger partial charge in [0.2, 0.25) is 0 Å². The number of rotatable bonds is 5. The van der Waals surface area contributed by atoms with E-state index in [-0.39, 0.29) is 5.92 Å². The van der Waals surface area contributed by atoms with E-state index in [0.717, 1.165) is 5.01 Å². The second-order valence-electron chi connectivity index (χ2n) is 5.65. The Kier molecular flexibility index (Phi) is 5.66. The van der Waals surface area contributed by atoms with Crippen LogP contribution in [0.15, 0.2) is 0 Å². The molecule has 120 valence electrons. The van der Waals surface area contributed by atoms with E-state index >= 15 is 0 Å². The topological polar surface area (TPSA) is 92.1 Å². The number of hydrogen-bond donors (Lipinski definition) is 1. The maximum Gasteiger partial charge on any atom is 0.351 e. The first-order valence-electron chi connectivity index (χ1n) is 6.99. The van der Waals surface area contributed by atoms with Crippen LogP contribution in [0, 0.1) is 31.1 Å². The third kappa shape index (κ3) is 4.04. The molecular formula is C15H21N3O3S. The predicted octanol–water partition coefficient (Wildman–Crippen LogP) is 2.36. The highest BCUT2D eigenvalue weighted by Gasteiger charge is 2.33. The fraction of sp³-hybridized carbons (Fsp3) is 0.600. The number of ether oxygens (including phenoxy) is 1. The third-order valence-corrected chi connectivity index (χ3v) is 4.56. The van der Waals surface area contributed by atoms with Crippen LogP contribution in [0.5, 0.6) is 0 Å². The molecule has 0 aliphatic heterocycles. The number of nitrogens with one attached hydrogen (secondary N) is 1. The zero-order valence-corrected chi connectivity index (χ0v) is 14.5. The van der Waals surface area contributed by atoms with Crippen molar-refractivity contribution in [3.8, 4) is 6.07 Å². The molecule has 0 saturated heterocycles. The molecule has 1 heterocycles. The SMILES string of the molecule is Cc1nc(C)c(C(=O)OC(C)C(=O)NC(C)(C#N)C(C)C)s1. The number of nitrogens with zero attached hydrogens (tertiary/aromatic N) is 2. The van der Waals surface area contributed by atoms with Crippen LogP contribution in [0.2, 0.25) is 0 Å². The average Bonchev–Trinajstić information content (AvgIpc) is 2.77. The number of nitriles is 1. The van der Waals surface area contributed by atoms with Crippen molar-refractivity contribution < 1.29 is 14.3 Å². The number of aryl methyl sites for hydroxylation is 2. The van der Waals surface area contributed by atoms with Gasteiger partial charge in [-0.25, -0.2) is 9.78 Å². The van der Waals surface area contributed by atoms with Gasteiger partial charge in [0.25, 0.3) is 5.91 Å². The first-order valence-corrected chi connectivity index (χ1v) is 7.80. The lowest BCUT2D eigenvalue weighted by Gasteiger charge is -2.28. The molecule has 0 bridgehead atoms. The van der Waals surface area contributed by atoms with E-state index in [4.69, 9.17) is 4.74 Å². The Balaban J connectivity index is 2.75. The normalized spacial score (nSPS) is 14.8. The fourth-order valence-electron chi connectivity index (χ4n) is 1.65. The quantitative estimate of drug-likeness (QED) is 0.840. The van der Waals surface area contributed by atoms with E-state index in [1.165, 1.54) is 18.3 Å². The summed E-state index contributed by atoms with van der Waals surface area (Å²) in [6, 6.07) is 2.08. The van der Waals surface area contributed by atoms with Gasteiger partial charge in [-0.15, -0.1) is 11.3 Å². The lowest BCUT2D eigenvalue weighted by Crippen LogP contribution is -2.52. The number of thiazole rings is 1. The molecule has 7 heteroatoms. The van der Waals surface area contributed by atoms with Gasteiger partial charge >= 0.3 is 5.97 Å². The van der Waals surface area contributed by atoms with Crippen LogP contribution in [0.3, 0.4) is 0 Å². The molecule has 2 atom stereocenters. The highest BCUT2D eigenvalue weighted by molar-refractivity contribution is 7.13. The number of amides is 1. The lowest BCUT2D eigenvalue weighted by atomic mass is 9.90. The molecule has 6 nitrogen and oxygen atoms in total. The lowest BCUT2D eigenvalue weighted by molar-refractivity contribution is -0.130. The summed E-state index contributed by atoms with van der Waals surface area (Å²) in [5.41, 5.74) is -0.418. The summed E-state index contributed by atoms with van der Waals surface area (Å²) in [4.78, 5) is 28.7. The van der Waals surface area contributed by atoms with Crippen LogP contribution < -0.4 is 5.32 Å². The smallest absolute Gasteiger partial charge is 0.351 e. The van der Waals surface area contributed by atoms with Gasteiger partial charge in [0.15, 0.2) is 6.10 Å². The molecule has 0 radical (unpaired) electrons. The van der Waals surface area contributed by atoms with E-state index in [2.05, 4.69) is 16.4 Å². The number of aromatic nitrogens is 1. The maximum absolute atomic E-state index is 12.1. The Morgan fingerprint density at radius 3 is 2.36 bits per heavy atom. The first kappa shape index (κ1) is 18.1. The molecule has 0 aliphatic carbocycles. The van der Waals surface area contributed by atoms with Crippen molar-refractivity contribution in [2.75, 3.05) is 0 Å². The van der Waals surface area contributed by atoms with Crippen LogP contribution in [-0.2, 0) is 9.53 Å². The minimum Gasteiger partial charge on any atom is -0.448 e. The van der Waals surface area contributed by atoms with Gasteiger partial charge in [-0.3, -0.25) is 4.79 Å². The maximum atomic E-state index is 12.1. The second kappa shape index (κ2) is 6.88. The molecule has 2 unspecified atom stereocenters. The number of hydrogen-bond acceptors (Lipinski definition) is 6. The molecule has 1 aromatic heterocycles. The van der Waals surface area contributed by atoms with E-state index in [9.17, 15) is 14.9 Å². The monoisotopic (exact) mass is 323 g/mol. The molecule has 0 saturated carbocycles. The molecule has 0 fully saturated rings. The van der Waals surface area contributed by atoms with Crippen LogP contribution >= 0.6 is 11.3 Å². The van der Waals surface area contributed by atoms with Gasteiger partial charge in [-0.1, -0.05) is 13.8 Å². The van der Waals surface area contributed by atoms with Gasteiger partial charge in [-0.05, 0) is 33.6 Å². The van der Waals surface area contributed by atoms with Gasteiger partial charge in [-0.2, -0.15) is 5.26 Å². The summed E-state index contributed by atoms with van der Waals surface area (Å²) >= 11 is 1.23. The van der Waals surface area contributed by atoms with Crippen molar-refractivity contribution in [1.29, 1.82) is 5.26 Å². The molecule has 1 aromatic rings. The van der Waals surface area contributed by atoms with Crippen LogP contribution in [0.25, 0.3) is 0 Å². The molecular weight excluding hydrogens is 302 g/mol. The second-order valence-corrected chi connectivity index (χ2v) is 6.86. The predicted molar refractivity (Wildman–Crippen MR) is 83.5 cm³/mol. The van der Waals surface area contributed by atoms with Crippen LogP contribution in [-0.4, -0.2) is 28.5 Å². The molecule has 0 aliphatic rings. The molecule has 22 heavy (non-hydrogen) atoms. The number of carbonyl (C=O) groups is 2. The van der Waals surface area contributed by atoms with Crippen molar-refractivity contribution in [3.05, 3.63) is 15.6 Å². The number of carbonyl (C=O) groups excluding carboxylic acids is 2. The summed E-state index contributed by atoms with van der Waals surface area (Å²) in [7, 11) is 0. The van der Waals surface area contributed by atoms with Crippen LogP contribution in [0.1, 0.15) is 48.1 Å². The van der Waals surface area contributed by atoms with Gasteiger partial charge < -0.3 is 10.1 Å². The largest absolute Gasteiger partial charge is 0.448 e. The number of esters is 1. The van der Waals surface area contributed by atoms with Crippen molar-refractivity contribution >= 4 is 23.2 Å². The highest BCUT2D eigenvalue weighted by Crippen LogP contribution is 2.19. The van der Waals surface area contributed by atoms with E-state index in [1.54, 1.807) is 20.8 Å². The Hall–Kier alpha value is -1.94. The zero-order chi connectivity index (χ0) is 17.1. The van der Waals surface area contributed by atoms with E-state index in [0.29, 0.717) is 10.6 Å². The van der Waals surface area contributed by atoms with Gasteiger partial charge in [0.05, 0.1) is 16.8 Å². The minimum atomic E-state index is -1.01. The summed E-state index contributed by atoms with van der Waals surface area (Å²) in [5, 5.41) is 12.6. The summed E-state index contributed by atoms with van der Waals surface area (Å²) in [6.07, 6.45) is -0.985. The first-order chi connectivity index (χ1) is 10.1. The minimum absolute atomic E-state index is 0.0734. The van der Waals surface area contributed by atoms with E-state index < -0.39 is 23.5 Å². The molecule has 1 amide bonds. The van der Waals surface area contributed by atoms with Crippen molar-refractivity contribution in [2.45, 2.75) is 53.2 Å². The van der Waals surface area contributed by atoms with Crippen molar-refractivity contribution in [2.24, 2.45) is 5.92 Å². The Labute approximate surface area is 134 Å². The molecule has 1 N–H and O–H groups in total. The molecule has 0 spiro atoms. The zero-order valence-electron chi connectivity index (χ0n) is 13.7. The average molecular weight is 323 g/mol. The summed E-state index contributed by atoms with van der Waals surface area (Å²) in [5.74, 6) is -1.14. The highest BCUT2D eigenvalue weighted by atomic mass is 32.1. The van der Waals surface area contributed by atoms with Crippen molar-refractivity contribution in [3.63, 3.8) is 0 Å². The Morgan fingerprint density at radius 2 is 1.95 bits per heavy atom. The van der Waals surface area contributed by atoms with Crippen molar-refractivity contribution in [1.82, 2.24) is 10.3 Å².